The smallest absolute Gasteiger partial charge is 0.304 e. The molecule has 1 aromatic rings. The summed E-state index contributed by atoms with van der Waals surface area (Å²) in [6.07, 6.45) is 4.11. The lowest BCUT2D eigenvalue weighted by atomic mass is 10.2. The fourth-order valence-electron chi connectivity index (χ4n) is 1.73. The number of amides is 1. The van der Waals surface area contributed by atoms with E-state index >= 15 is 0 Å². The number of carbonyl (C=O) groups is 1. The summed E-state index contributed by atoms with van der Waals surface area (Å²) in [6.45, 7) is 0.533. The van der Waals surface area contributed by atoms with Gasteiger partial charge in [0.1, 0.15) is 0 Å². The number of rotatable bonds is 5. The fraction of sp³-hybridized carbons (Fsp3) is 0.417. The van der Waals surface area contributed by atoms with Gasteiger partial charge in [-0.15, -0.1) is 0 Å². The number of thioether (sulfide) groups is 1. The highest BCUT2D eigenvalue weighted by Crippen LogP contribution is 2.46. The van der Waals surface area contributed by atoms with E-state index in [1.165, 1.54) is 6.07 Å². The van der Waals surface area contributed by atoms with E-state index in [9.17, 15) is 19.3 Å². The van der Waals surface area contributed by atoms with E-state index in [1.807, 2.05) is 6.26 Å². The first-order chi connectivity index (χ1) is 8.97. The summed E-state index contributed by atoms with van der Waals surface area (Å²) in [5, 5.41) is 13.2. The first-order valence-corrected chi connectivity index (χ1v) is 6.97. The molecule has 0 spiro atoms. The Bertz CT molecular complexity index is 532. The van der Waals surface area contributed by atoms with Crippen LogP contribution in [-0.2, 0) is 0 Å². The molecule has 1 saturated carbocycles. The predicted molar refractivity (Wildman–Crippen MR) is 70.9 cm³/mol. The van der Waals surface area contributed by atoms with Crippen LogP contribution >= 0.6 is 11.8 Å². The van der Waals surface area contributed by atoms with E-state index in [0.717, 1.165) is 25.0 Å². The zero-order valence-corrected chi connectivity index (χ0v) is 11.1. The molecule has 0 aromatic heterocycles. The maximum atomic E-state index is 13.4. The number of halogens is 1. The summed E-state index contributed by atoms with van der Waals surface area (Å²) in [5.74, 6) is -1.40. The maximum absolute atomic E-state index is 13.4. The number of nitro groups is 1. The van der Waals surface area contributed by atoms with Gasteiger partial charge in [0.25, 0.3) is 5.91 Å². The predicted octanol–water partition coefficient (Wildman–Crippen LogP) is 2.36. The second kappa shape index (κ2) is 5.16. The van der Waals surface area contributed by atoms with Crippen molar-refractivity contribution >= 4 is 23.4 Å². The van der Waals surface area contributed by atoms with Crippen molar-refractivity contribution in [3.63, 3.8) is 0 Å². The Morgan fingerprint density at radius 2 is 2.26 bits per heavy atom. The van der Waals surface area contributed by atoms with Gasteiger partial charge in [0.15, 0.2) is 0 Å². The van der Waals surface area contributed by atoms with E-state index < -0.39 is 22.3 Å². The molecule has 0 radical (unpaired) electrons. The molecule has 5 nitrogen and oxygen atoms in total. The van der Waals surface area contributed by atoms with Gasteiger partial charge in [0.2, 0.25) is 5.82 Å². The molecule has 0 aliphatic heterocycles. The molecular weight excluding hydrogens is 271 g/mol. The van der Waals surface area contributed by atoms with Crippen molar-refractivity contribution < 1.29 is 14.1 Å². The number of nitro benzene ring substituents is 1. The van der Waals surface area contributed by atoms with Crippen LogP contribution in [0.15, 0.2) is 18.2 Å². The molecule has 102 valence electrons. The molecule has 0 saturated heterocycles. The first kappa shape index (κ1) is 13.8. The third-order valence-corrected chi connectivity index (χ3v) is 4.64. The normalized spacial score (nSPS) is 15.9. The van der Waals surface area contributed by atoms with Crippen LogP contribution in [0.4, 0.5) is 10.1 Å². The molecule has 0 unspecified atom stereocenters. The van der Waals surface area contributed by atoms with Crippen LogP contribution in [0.3, 0.4) is 0 Å². The van der Waals surface area contributed by atoms with Gasteiger partial charge in [-0.05, 0) is 31.2 Å². The minimum atomic E-state index is -0.997. The van der Waals surface area contributed by atoms with Crippen LogP contribution < -0.4 is 5.32 Å². The zero-order chi connectivity index (χ0) is 14.0. The molecular formula is C12H13FN2O3S. The van der Waals surface area contributed by atoms with Gasteiger partial charge in [0.05, 0.1) is 4.92 Å². The number of nitrogens with zero attached hydrogens (tertiary/aromatic N) is 1. The van der Waals surface area contributed by atoms with Crippen molar-refractivity contribution in [3.05, 3.63) is 39.7 Å². The van der Waals surface area contributed by atoms with E-state index in [4.69, 9.17) is 0 Å². The van der Waals surface area contributed by atoms with E-state index in [0.29, 0.717) is 6.54 Å². The number of carbonyl (C=O) groups excluding carboxylic acids is 1. The molecule has 1 aliphatic carbocycles. The molecule has 1 amide bonds. The monoisotopic (exact) mass is 284 g/mol. The number of hydrogen-bond donors (Lipinski definition) is 1. The Morgan fingerprint density at radius 3 is 2.74 bits per heavy atom. The SMILES string of the molecule is CSC1(CNC(=O)c2ccc([N+](=O)[O-])c(F)c2)CC1. The average Bonchev–Trinajstić information content (AvgIpc) is 3.16. The van der Waals surface area contributed by atoms with Crippen molar-refractivity contribution in [2.45, 2.75) is 17.6 Å². The molecule has 2 rings (SSSR count). The Balaban J connectivity index is 2.03. The zero-order valence-electron chi connectivity index (χ0n) is 10.3. The summed E-state index contributed by atoms with van der Waals surface area (Å²) < 4.78 is 13.5. The third-order valence-electron chi connectivity index (χ3n) is 3.22. The molecule has 1 aliphatic rings. The van der Waals surface area contributed by atoms with Gasteiger partial charge < -0.3 is 5.32 Å². The number of benzene rings is 1. The maximum Gasteiger partial charge on any atom is 0.304 e. The highest BCUT2D eigenvalue weighted by Gasteiger charge is 2.41. The van der Waals surface area contributed by atoms with Crippen LogP contribution in [-0.4, -0.2) is 28.4 Å². The van der Waals surface area contributed by atoms with E-state index in [1.54, 1.807) is 11.8 Å². The largest absolute Gasteiger partial charge is 0.351 e. The molecule has 0 bridgehead atoms. The standard InChI is InChI=1S/C12H13FN2O3S/c1-19-12(4-5-12)7-14-11(16)8-2-3-10(15(17)18)9(13)6-8/h2-3,6H,4-5,7H2,1H3,(H,14,16). The molecule has 0 atom stereocenters. The van der Waals surface area contributed by atoms with Crippen LogP contribution in [0.2, 0.25) is 0 Å². The number of hydrogen-bond acceptors (Lipinski definition) is 4. The van der Waals surface area contributed by atoms with Gasteiger partial charge in [0, 0.05) is 22.9 Å². The van der Waals surface area contributed by atoms with Gasteiger partial charge in [-0.25, -0.2) is 0 Å². The van der Waals surface area contributed by atoms with Crippen molar-refractivity contribution in [2.75, 3.05) is 12.8 Å². The van der Waals surface area contributed by atoms with Gasteiger partial charge in [-0.2, -0.15) is 16.2 Å². The average molecular weight is 284 g/mol. The Hall–Kier alpha value is -1.63. The quantitative estimate of drug-likeness (QED) is 0.665. The van der Waals surface area contributed by atoms with E-state index in [-0.39, 0.29) is 10.3 Å². The van der Waals surface area contributed by atoms with E-state index in [2.05, 4.69) is 5.32 Å². The second-order valence-electron chi connectivity index (χ2n) is 4.49. The second-order valence-corrected chi connectivity index (χ2v) is 5.77. The lowest BCUT2D eigenvalue weighted by Gasteiger charge is -2.12. The van der Waals surface area contributed by atoms with Crippen molar-refractivity contribution in [2.24, 2.45) is 0 Å². The highest BCUT2D eigenvalue weighted by molar-refractivity contribution is 8.00. The first-order valence-electron chi connectivity index (χ1n) is 5.75. The third kappa shape index (κ3) is 3.04. The lowest BCUT2D eigenvalue weighted by molar-refractivity contribution is -0.387. The molecule has 1 fully saturated rings. The van der Waals surface area contributed by atoms with Crippen molar-refractivity contribution in [1.82, 2.24) is 5.32 Å². The highest BCUT2D eigenvalue weighted by atomic mass is 32.2. The van der Waals surface area contributed by atoms with Gasteiger partial charge in [-0.1, -0.05) is 0 Å². The van der Waals surface area contributed by atoms with Crippen LogP contribution in [0.25, 0.3) is 0 Å². The molecule has 1 aromatic carbocycles. The lowest BCUT2D eigenvalue weighted by Crippen LogP contribution is -2.31. The summed E-state index contributed by atoms with van der Waals surface area (Å²) >= 11 is 1.71. The number of nitrogens with one attached hydrogen (secondary N) is 1. The minimum absolute atomic E-state index is 0.0972. The Labute approximate surface area is 113 Å². The summed E-state index contributed by atoms with van der Waals surface area (Å²) in [4.78, 5) is 21.5. The van der Waals surface area contributed by atoms with Crippen molar-refractivity contribution in [1.29, 1.82) is 0 Å². The molecule has 1 N–H and O–H groups in total. The Morgan fingerprint density at radius 1 is 1.58 bits per heavy atom. The van der Waals surface area contributed by atoms with Gasteiger partial charge >= 0.3 is 5.69 Å². The van der Waals surface area contributed by atoms with Crippen LogP contribution in [0, 0.1) is 15.9 Å². The van der Waals surface area contributed by atoms with Crippen LogP contribution in [0.1, 0.15) is 23.2 Å². The summed E-state index contributed by atoms with van der Waals surface area (Å²) in [7, 11) is 0. The molecule has 0 heterocycles. The minimum Gasteiger partial charge on any atom is -0.351 e. The van der Waals surface area contributed by atoms with Crippen molar-refractivity contribution in [3.8, 4) is 0 Å². The topological polar surface area (TPSA) is 72.2 Å². The fourth-order valence-corrected chi connectivity index (χ4v) is 2.46. The molecule has 7 heteroatoms. The van der Waals surface area contributed by atoms with Gasteiger partial charge in [-0.3, -0.25) is 14.9 Å². The summed E-state index contributed by atoms with van der Waals surface area (Å²) in [5.41, 5.74) is -0.528. The summed E-state index contributed by atoms with van der Waals surface area (Å²) in [6, 6.07) is 3.16. The Kier molecular flexibility index (Phi) is 3.75. The van der Waals surface area contributed by atoms with Crippen LogP contribution in [0.5, 0.6) is 0 Å². The molecule has 19 heavy (non-hydrogen) atoms.